The van der Waals surface area contributed by atoms with Crippen LogP contribution in [0.2, 0.25) is 0 Å². The summed E-state index contributed by atoms with van der Waals surface area (Å²) in [5, 5.41) is 0. The van der Waals surface area contributed by atoms with E-state index in [1.54, 1.807) is 0 Å². The van der Waals surface area contributed by atoms with E-state index in [4.69, 9.17) is 10.7 Å². The first kappa shape index (κ1) is 11.7. The normalized spacial score (nSPS) is 15.4. The van der Waals surface area contributed by atoms with E-state index >= 15 is 0 Å². The predicted octanol–water partition coefficient (Wildman–Crippen LogP) is 2.96. The van der Waals surface area contributed by atoms with Gasteiger partial charge in [0.25, 0.3) is 0 Å². The molecule has 3 rings (SSSR count). The van der Waals surface area contributed by atoms with Gasteiger partial charge in [0.1, 0.15) is 5.82 Å². The Hall–Kier alpha value is -1.35. The monoisotopic (exact) mass is 243 g/mol. The number of nitrogens with zero attached hydrogens (tertiary/aromatic N) is 2. The first-order chi connectivity index (χ1) is 8.79. The van der Waals surface area contributed by atoms with Crippen LogP contribution < -0.4 is 5.73 Å². The summed E-state index contributed by atoms with van der Waals surface area (Å²) in [6.07, 6.45) is 6.01. The molecule has 18 heavy (non-hydrogen) atoms. The third-order valence-electron chi connectivity index (χ3n) is 3.76. The van der Waals surface area contributed by atoms with E-state index in [0.29, 0.717) is 6.04 Å². The Kier molecular flexibility index (Phi) is 3.08. The van der Waals surface area contributed by atoms with Crippen LogP contribution in [0.1, 0.15) is 43.1 Å². The molecule has 0 amide bonds. The maximum absolute atomic E-state index is 5.53. The molecular formula is C15H21N3. The highest BCUT2D eigenvalue weighted by Crippen LogP contribution is 2.38. The molecule has 1 saturated carbocycles. The van der Waals surface area contributed by atoms with Gasteiger partial charge in [0.15, 0.2) is 0 Å². The van der Waals surface area contributed by atoms with Crippen molar-refractivity contribution >= 4 is 11.0 Å². The van der Waals surface area contributed by atoms with Gasteiger partial charge in [-0.3, -0.25) is 0 Å². The van der Waals surface area contributed by atoms with Crippen molar-refractivity contribution in [3.8, 4) is 0 Å². The van der Waals surface area contributed by atoms with Crippen molar-refractivity contribution in [2.75, 3.05) is 6.54 Å². The molecule has 1 heterocycles. The van der Waals surface area contributed by atoms with E-state index in [-0.39, 0.29) is 0 Å². The molecular weight excluding hydrogens is 222 g/mol. The zero-order valence-corrected chi connectivity index (χ0v) is 11.0. The number of unbranched alkanes of at least 4 members (excludes halogenated alkanes) is 1. The molecule has 96 valence electrons. The molecule has 0 aliphatic heterocycles. The van der Waals surface area contributed by atoms with E-state index in [1.165, 1.54) is 30.3 Å². The minimum atomic E-state index is 0.707. The maximum atomic E-state index is 5.53. The molecule has 3 heteroatoms. The van der Waals surface area contributed by atoms with Crippen molar-refractivity contribution in [1.29, 1.82) is 0 Å². The van der Waals surface area contributed by atoms with Crippen LogP contribution in [0.4, 0.5) is 0 Å². The van der Waals surface area contributed by atoms with Crippen LogP contribution in [-0.4, -0.2) is 16.1 Å². The summed E-state index contributed by atoms with van der Waals surface area (Å²) < 4.78 is 2.40. The van der Waals surface area contributed by atoms with Crippen molar-refractivity contribution in [3.63, 3.8) is 0 Å². The van der Waals surface area contributed by atoms with Gasteiger partial charge in [-0.25, -0.2) is 4.98 Å². The SMILES string of the molecule is Cc1nc2cc(CCCCN)ccc2n1C1CC1. The number of nitrogens with two attached hydrogens (primary N) is 1. The van der Waals surface area contributed by atoms with Gasteiger partial charge in [0, 0.05) is 6.04 Å². The fraction of sp³-hybridized carbons (Fsp3) is 0.533. The lowest BCUT2D eigenvalue weighted by atomic mass is 10.1. The number of hydrogen-bond donors (Lipinski definition) is 1. The van der Waals surface area contributed by atoms with Gasteiger partial charge in [-0.1, -0.05) is 6.07 Å². The Morgan fingerprint density at radius 2 is 2.17 bits per heavy atom. The lowest BCUT2D eigenvalue weighted by Gasteiger charge is -2.04. The summed E-state index contributed by atoms with van der Waals surface area (Å²) in [4.78, 5) is 4.70. The van der Waals surface area contributed by atoms with Gasteiger partial charge in [-0.05, 0) is 63.3 Å². The smallest absolute Gasteiger partial charge is 0.106 e. The van der Waals surface area contributed by atoms with Gasteiger partial charge >= 0.3 is 0 Å². The van der Waals surface area contributed by atoms with E-state index in [9.17, 15) is 0 Å². The Morgan fingerprint density at radius 3 is 2.89 bits per heavy atom. The van der Waals surface area contributed by atoms with E-state index in [0.717, 1.165) is 30.7 Å². The Bertz CT molecular complexity index is 552. The Morgan fingerprint density at radius 1 is 1.33 bits per heavy atom. The van der Waals surface area contributed by atoms with Gasteiger partial charge in [0.2, 0.25) is 0 Å². The molecule has 0 atom stereocenters. The quantitative estimate of drug-likeness (QED) is 0.820. The van der Waals surface area contributed by atoms with Crippen molar-refractivity contribution in [3.05, 3.63) is 29.6 Å². The number of fused-ring (bicyclic) bond motifs is 1. The number of hydrogen-bond acceptors (Lipinski definition) is 2. The number of aromatic nitrogens is 2. The summed E-state index contributed by atoms with van der Waals surface area (Å²) >= 11 is 0. The number of aryl methyl sites for hydroxylation is 2. The minimum absolute atomic E-state index is 0.707. The lowest BCUT2D eigenvalue weighted by Crippen LogP contribution is -1.99. The number of imidazole rings is 1. The third-order valence-corrected chi connectivity index (χ3v) is 3.76. The average molecular weight is 243 g/mol. The molecule has 0 saturated heterocycles. The fourth-order valence-corrected chi connectivity index (χ4v) is 2.69. The number of benzene rings is 1. The second kappa shape index (κ2) is 4.73. The fourth-order valence-electron chi connectivity index (χ4n) is 2.69. The predicted molar refractivity (Wildman–Crippen MR) is 74.7 cm³/mol. The molecule has 1 aromatic heterocycles. The van der Waals surface area contributed by atoms with Crippen molar-refractivity contribution in [2.45, 2.75) is 45.1 Å². The highest BCUT2D eigenvalue weighted by atomic mass is 15.1. The summed E-state index contributed by atoms with van der Waals surface area (Å²) in [6.45, 7) is 2.91. The maximum Gasteiger partial charge on any atom is 0.106 e. The zero-order chi connectivity index (χ0) is 12.5. The molecule has 2 N–H and O–H groups in total. The van der Waals surface area contributed by atoms with Crippen LogP contribution in [0.5, 0.6) is 0 Å². The van der Waals surface area contributed by atoms with Crippen LogP contribution in [0.25, 0.3) is 11.0 Å². The summed E-state index contributed by atoms with van der Waals surface area (Å²) in [5.41, 5.74) is 9.38. The third kappa shape index (κ3) is 2.15. The van der Waals surface area contributed by atoms with Crippen molar-refractivity contribution < 1.29 is 0 Å². The Labute approximate surface area is 108 Å². The largest absolute Gasteiger partial charge is 0.330 e. The second-order valence-electron chi connectivity index (χ2n) is 5.33. The molecule has 1 aliphatic carbocycles. The Balaban J connectivity index is 1.88. The van der Waals surface area contributed by atoms with Gasteiger partial charge in [-0.2, -0.15) is 0 Å². The minimum Gasteiger partial charge on any atom is -0.330 e. The van der Waals surface area contributed by atoms with Crippen LogP contribution in [-0.2, 0) is 6.42 Å². The standard InChI is InChI=1S/C15H21N3/c1-11-17-14-10-12(4-2-3-9-16)5-8-15(14)18(11)13-6-7-13/h5,8,10,13H,2-4,6-7,9,16H2,1H3. The average Bonchev–Trinajstić information content (AvgIpc) is 3.12. The first-order valence-electron chi connectivity index (χ1n) is 6.97. The highest BCUT2D eigenvalue weighted by molar-refractivity contribution is 5.77. The van der Waals surface area contributed by atoms with E-state index in [2.05, 4.69) is 29.7 Å². The molecule has 1 aliphatic rings. The molecule has 2 aromatic rings. The zero-order valence-electron chi connectivity index (χ0n) is 11.0. The lowest BCUT2D eigenvalue weighted by molar-refractivity contribution is 0.733. The van der Waals surface area contributed by atoms with Crippen molar-refractivity contribution in [1.82, 2.24) is 9.55 Å². The second-order valence-corrected chi connectivity index (χ2v) is 5.33. The van der Waals surface area contributed by atoms with Gasteiger partial charge < -0.3 is 10.3 Å². The first-order valence-corrected chi connectivity index (χ1v) is 6.97. The van der Waals surface area contributed by atoms with Crippen LogP contribution in [0.15, 0.2) is 18.2 Å². The topological polar surface area (TPSA) is 43.8 Å². The summed E-state index contributed by atoms with van der Waals surface area (Å²) in [6, 6.07) is 7.44. The van der Waals surface area contributed by atoms with Crippen LogP contribution in [0, 0.1) is 6.92 Å². The van der Waals surface area contributed by atoms with E-state index in [1.807, 2.05) is 0 Å². The van der Waals surface area contributed by atoms with Gasteiger partial charge in [0.05, 0.1) is 11.0 Å². The number of rotatable bonds is 5. The van der Waals surface area contributed by atoms with Gasteiger partial charge in [-0.15, -0.1) is 0 Å². The van der Waals surface area contributed by atoms with Crippen LogP contribution in [0.3, 0.4) is 0 Å². The molecule has 0 radical (unpaired) electrons. The highest BCUT2D eigenvalue weighted by Gasteiger charge is 2.26. The molecule has 1 fully saturated rings. The summed E-state index contributed by atoms with van der Waals surface area (Å²) in [5.74, 6) is 1.16. The van der Waals surface area contributed by atoms with Crippen LogP contribution >= 0.6 is 0 Å². The van der Waals surface area contributed by atoms with E-state index < -0.39 is 0 Å². The molecule has 0 spiro atoms. The van der Waals surface area contributed by atoms with Crippen molar-refractivity contribution in [2.24, 2.45) is 5.73 Å². The molecule has 1 aromatic carbocycles. The molecule has 3 nitrogen and oxygen atoms in total. The molecule has 0 bridgehead atoms. The molecule has 0 unspecified atom stereocenters. The summed E-state index contributed by atoms with van der Waals surface area (Å²) in [7, 11) is 0.